The number of hydrogen-bond donors (Lipinski definition) is 1. The third-order valence-corrected chi connectivity index (χ3v) is 6.02. The van der Waals surface area contributed by atoms with Crippen LogP contribution >= 0.6 is 23.2 Å². The van der Waals surface area contributed by atoms with E-state index in [2.05, 4.69) is 10.3 Å². The Bertz CT molecular complexity index is 1200. The zero-order chi connectivity index (χ0) is 20.8. The second-order valence-corrected chi connectivity index (χ2v) is 8.11. The van der Waals surface area contributed by atoms with Crippen LogP contribution in [-0.4, -0.2) is 27.7 Å². The van der Waals surface area contributed by atoms with Crippen molar-refractivity contribution >= 4 is 34.9 Å². The molecule has 6 nitrogen and oxygen atoms in total. The Morgan fingerprint density at radius 3 is 2.80 bits per heavy atom. The highest BCUT2D eigenvalue weighted by molar-refractivity contribution is 6.36. The molecule has 2 heterocycles. The van der Waals surface area contributed by atoms with Crippen LogP contribution in [0.25, 0.3) is 11.4 Å². The molecule has 0 amide bonds. The standard InChI is InChI=1S/C22H18Cl2N4O2/c1-30-18-8-3-2-5-14(18)20-19-16(6-4-7-17(19)29)25-22-26-21(27-28(20)22)13-10-9-12(23)11-15(13)24/h2-3,5,8-11,20H,4,6-7H2,1H3,(H,25,26,27). The lowest BCUT2D eigenvalue weighted by atomic mass is 9.85. The number of carbonyl (C=O) groups is 1. The average Bonchev–Trinajstić information content (AvgIpc) is 3.15. The molecule has 0 fully saturated rings. The lowest BCUT2D eigenvalue weighted by molar-refractivity contribution is -0.116. The van der Waals surface area contributed by atoms with Crippen LogP contribution in [0.4, 0.5) is 5.95 Å². The van der Waals surface area contributed by atoms with E-state index in [0.717, 1.165) is 29.7 Å². The van der Waals surface area contributed by atoms with E-state index in [0.29, 0.717) is 39.6 Å². The third-order valence-electron chi connectivity index (χ3n) is 5.47. The van der Waals surface area contributed by atoms with Crippen molar-refractivity contribution in [1.29, 1.82) is 0 Å². The number of ether oxygens (including phenoxy) is 1. The van der Waals surface area contributed by atoms with Gasteiger partial charge in [-0.3, -0.25) is 4.79 Å². The number of fused-ring (bicyclic) bond motifs is 1. The summed E-state index contributed by atoms with van der Waals surface area (Å²) in [7, 11) is 1.62. The molecule has 5 rings (SSSR count). The summed E-state index contributed by atoms with van der Waals surface area (Å²) in [6.07, 6.45) is 2.12. The Labute approximate surface area is 183 Å². The van der Waals surface area contributed by atoms with E-state index < -0.39 is 6.04 Å². The topological polar surface area (TPSA) is 69.0 Å². The van der Waals surface area contributed by atoms with Crippen LogP contribution in [0.1, 0.15) is 30.9 Å². The SMILES string of the molecule is COc1ccccc1C1C2=C(CCCC2=O)Nc2nc(-c3ccc(Cl)cc3Cl)nn21. The Kier molecular flexibility index (Phi) is 4.76. The zero-order valence-corrected chi connectivity index (χ0v) is 17.7. The number of benzene rings is 2. The van der Waals surface area contributed by atoms with Gasteiger partial charge in [0.05, 0.1) is 12.1 Å². The van der Waals surface area contributed by atoms with Crippen LogP contribution in [0, 0.1) is 0 Å². The van der Waals surface area contributed by atoms with Crippen molar-refractivity contribution < 1.29 is 9.53 Å². The summed E-state index contributed by atoms with van der Waals surface area (Å²) in [5.41, 5.74) is 3.16. The summed E-state index contributed by atoms with van der Waals surface area (Å²) < 4.78 is 7.35. The van der Waals surface area contributed by atoms with Crippen molar-refractivity contribution in [1.82, 2.24) is 14.8 Å². The second kappa shape index (κ2) is 7.45. The molecule has 1 aromatic heterocycles. The molecule has 30 heavy (non-hydrogen) atoms. The fourth-order valence-electron chi connectivity index (χ4n) is 4.12. The lowest BCUT2D eigenvalue weighted by Crippen LogP contribution is -2.31. The minimum absolute atomic E-state index is 0.117. The number of ketones is 1. The first-order valence-corrected chi connectivity index (χ1v) is 10.4. The van der Waals surface area contributed by atoms with Gasteiger partial charge in [0.15, 0.2) is 11.6 Å². The first-order valence-electron chi connectivity index (χ1n) is 9.65. The van der Waals surface area contributed by atoms with Crippen LogP contribution < -0.4 is 10.1 Å². The smallest absolute Gasteiger partial charge is 0.226 e. The van der Waals surface area contributed by atoms with Crippen LogP contribution in [0.3, 0.4) is 0 Å². The molecule has 0 spiro atoms. The molecule has 1 unspecified atom stereocenters. The second-order valence-electron chi connectivity index (χ2n) is 7.27. The number of para-hydroxylation sites is 1. The van der Waals surface area contributed by atoms with Crippen molar-refractivity contribution in [3.05, 3.63) is 69.3 Å². The van der Waals surface area contributed by atoms with Gasteiger partial charge in [-0.2, -0.15) is 4.98 Å². The van der Waals surface area contributed by atoms with Crippen molar-refractivity contribution in [2.24, 2.45) is 0 Å². The number of aromatic nitrogens is 3. The largest absolute Gasteiger partial charge is 0.496 e. The summed E-state index contributed by atoms with van der Waals surface area (Å²) in [5.74, 6) is 1.85. The Morgan fingerprint density at radius 1 is 1.17 bits per heavy atom. The lowest BCUT2D eigenvalue weighted by Gasteiger charge is -2.32. The molecule has 1 aliphatic heterocycles. The van der Waals surface area contributed by atoms with E-state index in [9.17, 15) is 4.79 Å². The van der Waals surface area contributed by atoms with Crippen molar-refractivity contribution in [3.8, 4) is 17.1 Å². The normalized spacial score (nSPS) is 18.0. The van der Waals surface area contributed by atoms with Gasteiger partial charge in [0, 0.05) is 33.8 Å². The van der Waals surface area contributed by atoms with Crippen molar-refractivity contribution in [2.45, 2.75) is 25.3 Å². The van der Waals surface area contributed by atoms with Gasteiger partial charge in [-0.15, -0.1) is 5.10 Å². The van der Waals surface area contributed by atoms with Gasteiger partial charge in [-0.05, 0) is 37.1 Å². The highest BCUT2D eigenvalue weighted by Crippen LogP contribution is 2.43. The third kappa shape index (κ3) is 3.07. The van der Waals surface area contributed by atoms with Crippen molar-refractivity contribution in [2.75, 3.05) is 12.4 Å². The summed E-state index contributed by atoms with van der Waals surface area (Å²) in [6.45, 7) is 0. The van der Waals surface area contributed by atoms with Gasteiger partial charge in [-0.25, -0.2) is 4.68 Å². The fraction of sp³-hybridized carbons (Fsp3) is 0.227. The highest BCUT2D eigenvalue weighted by Gasteiger charge is 2.38. The molecule has 1 atom stereocenters. The van der Waals surface area contributed by atoms with Gasteiger partial charge >= 0.3 is 0 Å². The van der Waals surface area contributed by atoms with Gasteiger partial charge < -0.3 is 10.1 Å². The molecule has 3 aromatic rings. The summed E-state index contributed by atoms with van der Waals surface area (Å²) >= 11 is 12.4. The molecule has 152 valence electrons. The summed E-state index contributed by atoms with van der Waals surface area (Å²) in [4.78, 5) is 17.6. The molecule has 1 N–H and O–H groups in total. The minimum atomic E-state index is -0.424. The maximum Gasteiger partial charge on any atom is 0.226 e. The number of methoxy groups -OCH3 is 1. The summed E-state index contributed by atoms with van der Waals surface area (Å²) in [6, 6.07) is 12.5. The fourth-order valence-corrected chi connectivity index (χ4v) is 4.61. The van der Waals surface area contributed by atoms with E-state index in [-0.39, 0.29) is 5.78 Å². The van der Waals surface area contributed by atoms with Crippen LogP contribution in [-0.2, 0) is 4.79 Å². The maximum absolute atomic E-state index is 13.0. The Hall–Kier alpha value is -2.83. The predicted octanol–water partition coefficient (Wildman–Crippen LogP) is 5.28. The minimum Gasteiger partial charge on any atom is -0.496 e. The maximum atomic E-state index is 13.0. The van der Waals surface area contributed by atoms with Gasteiger partial charge in [0.1, 0.15) is 11.8 Å². The van der Waals surface area contributed by atoms with E-state index in [1.165, 1.54) is 0 Å². The number of allylic oxidation sites excluding steroid dienone is 2. The molecule has 8 heteroatoms. The van der Waals surface area contributed by atoms with E-state index in [1.807, 2.05) is 24.3 Å². The van der Waals surface area contributed by atoms with Crippen LogP contribution in [0.5, 0.6) is 5.75 Å². The van der Waals surface area contributed by atoms with Crippen molar-refractivity contribution in [3.63, 3.8) is 0 Å². The molecule has 0 saturated carbocycles. The number of Topliss-reactive ketones (excluding diaryl/α,β-unsaturated/α-hetero) is 1. The number of nitrogens with zero attached hydrogens (tertiary/aromatic N) is 3. The molecule has 1 aliphatic carbocycles. The molecule has 2 aliphatic rings. The number of hydrogen-bond acceptors (Lipinski definition) is 5. The van der Waals surface area contributed by atoms with E-state index in [1.54, 1.807) is 30.0 Å². The highest BCUT2D eigenvalue weighted by atomic mass is 35.5. The van der Waals surface area contributed by atoms with E-state index >= 15 is 0 Å². The molecule has 0 saturated heterocycles. The first-order chi connectivity index (χ1) is 14.6. The number of halogens is 2. The predicted molar refractivity (Wildman–Crippen MR) is 116 cm³/mol. The van der Waals surface area contributed by atoms with E-state index in [4.69, 9.17) is 33.0 Å². The Morgan fingerprint density at radius 2 is 2.00 bits per heavy atom. The number of rotatable bonds is 3. The monoisotopic (exact) mass is 440 g/mol. The average molecular weight is 441 g/mol. The van der Waals surface area contributed by atoms with Crippen LogP contribution in [0.15, 0.2) is 53.7 Å². The molecule has 0 bridgehead atoms. The zero-order valence-electron chi connectivity index (χ0n) is 16.2. The number of carbonyl (C=O) groups excluding carboxylic acids is 1. The van der Waals surface area contributed by atoms with Crippen LogP contribution in [0.2, 0.25) is 10.0 Å². The molecule has 2 aromatic carbocycles. The molecular formula is C22H18Cl2N4O2. The summed E-state index contributed by atoms with van der Waals surface area (Å²) in [5, 5.41) is 9.08. The molecular weight excluding hydrogens is 423 g/mol. The van der Waals surface area contributed by atoms with Gasteiger partial charge in [0.25, 0.3) is 0 Å². The number of nitrogens with one attached hydrogen (secondary N) is 1. The molecule has 0 radical (unpaired) electrons. The Balaban J connectivity index is 1.71. The number of anilines is 1. The quantitative estimate of drug-likeness (QED) is 0.599. The van der Waals surface area contributed by atoms with Gasteiger partial charge in [0.2, 0.25) is 5.95 Å². The first kappa shape index (κ1) is 19.2. The van der Waals surface area contributed by atoms with Gasteiger partial charge in [-0.1, -0.05) is 41.4 Å².